The molecule has 0 radical (unpaired) electrons. The van der Waals surface area contributed by atoms with Gasteiger partial charge >= 0.3 is 18.1 Å². The Kier molecular flexibility index (Phi) is 4.59. The van der Waals surface area contributed by atoms with Crippen LogP contribution in [0.4, 0.5) is 17.6 Å². The molecule has 0 fully saturated rings. The molecule has 4 nitrogen and oxygen atoms in total. The number of carbonyl (C=O) groups excluding carboxylic acids is 1. The number of hydrogen-bond donors (Lipinski definition) is 1. The number of aromatic carboxylic acids is 1. The van der Waals surface area contributed by atoms with Crippen LogP contribution in [0.3, 0.4) is 0 Å². The van der Waals surface area contributed by atoms with Crippen LogP contribution in [0.15, 0.2) is 36.4 Å². The van der Waals surface area contributed by atoms with Crippen molar-refractivity contribution in [2.45, 2.75) is 6.18 Å². The standard InChI is InChI=1S/C16H10F4O4/c1-24-15(23)8-2-3-12(13(17)7-8)9-4-10(14(21)22)6-11(5-9)16(18,19)20/h2-7H,1H3,(H,21,22). The fraction of sp³-hybridized carbons (Fsp3) is 0.125. The number of carboxylic acid groups (broad SMARTS) is 1. The number of methoxy groups -OCH3 is 1. The number of carbonyl (C=O) groups is 2. The van der Waals surface area contributed by atoms with Gasteiger partial charge in [-0.25, -0.2) is 14.0 Å². The van der Waals surface area contributed by atoms with E-state index in [1.165, 1.54) is 6.07 Å². The molecule has 0 saturated carbocycles. The molecule has 0 aliphatic heterocycles. The topological polar surface area (TPSA) is 63.6 Å². The predicted octanol–water partition coefficient (Wildman–Crippen LogP) is 4.00. The molecule has 0 atom stereocenters. The minimum Gasteiger partial charge on any atom is -0.478 e. The molecule has 8 heteroatoms. The number of ether oxygens (including phenoxy) is 1. The highest BCUT2D eigenvalue weighted by Crippen LogP contribution is 2.34. The number of esters is 1. The Morgan fingerprint density at radius 2 is 1.71 bits per heavy atom. The predicted molar refractivity (Wildman–Crippen MR) is 75.1 cm³/mol. The molecule has 0 heterocycles. The van der Waals surface area contributed by atoms with Crippen molar-refractivity contribution in [3.63, 3.8) is 0 Å². The van der Waals surface area contributed by atoms with E-state index in [0.717, 1.165) is 25.3 Å². The quantitative estimate of drug-likeness (QED) is 0.676. The molecule has 0 spiro atoms. The summed E-state index contributed by atoms with van der Waals surface area (Å²) in [6, 6.07) is 5.10. The first-order chi connectivity index (χ1) is 11.1. The fourth-order valence-electron chi connectivity index (χ4n) is 2.06. The second kappa shape index (κ2) is 6.31. The van der Waals surface area contributed by atoms with E-state index in [1.807, 2.05) is 0 Å². The number of halogens is 4. The van der Waals surface area contributed by atoms with E-state index in [4.69, 9.17) is 5.11 Å². The normalized spacial score (nSPS) is 11.2. The van der Waals surface area contributed by atoms with Gasteiger partial charge in [-0.15, -0.1) is 0 Å². The molecular weight excluding hydrogens is 332 g/mol. The number of benzene rings is 2. The molecule has 24 heavy (non-hydrogen) atoms. The summed E-state index contributed by atoms with van der Waals surface area (Å²) in [6.45, 7) is 0. The van der Waals surface area contributed by atoms with Crippen LogP contribution in [-0.4, -0.2) is 24.2 Å². The summed E-state index contributed by atoms with van der Waals surface area (Å²) < 4.78 is 57.3. The highest BCUT2D eigenvalue weighted by atomic mass is 19.4. The Morgan fingerprint density at radius 3 is 2.21 bits per heavy atom. The van der Waals surface area contributed by atoms with Crippen molar-refractivity contribution in [3.8, 4) is 11.1 Å². The van der Waals surface area contributed by atoms with Gasteiger partial charge in [0.1, 0.15) is 5.82 Å². The summed E-state index contributed by atoms with van der Waals surface area (Å²) in [7, 11) is 1.10. The average molecular weight is 342 g/mol. The molecule has 0 unspecified atom stereocenters. The smallest absolute Gasteiger partial charge is 0.416 e. The van der Waals surface area contributed by atoms with Gasteiger partial charge in [-0.2, -0.15) is 13.2 Å². The first kappa shape index (κ1) is 17.5. The maximum Gasteiger partial charge on any atom is 0.416 e. The molecule has 0 bridgehead atoms. The van der Waals surface area contributed by atoms with E-state index >= 15 is 0 Å². The van der Waals surface area contributed by atoms with Gasteiger partial charge in [0.15, 0.2) is 0 Å². The second-order valence-corrected chi connectivity index (χ2v) is 4.79. The fourth-order valence-corrected chi connectivity index (χ4v) is 2.06. The van der Waals surface area contributed by atoms with Crippen molar-refractivity contribution < 1.29 is 37.0 Å². The summed E-state index contributed by atoms with van der Waals surface area (Å²) in [5.74, 6) is -3.36. The number of alkyl halides is 3. The van der Waals surface area contributed by atoms with E-state index in [-0.39, 0.29) is 16.7 Å². The van der Waals surface area contributed by atoms with Gasteiger partial charge in [-0.1, -0.05) is 6.07 Å². The van der Waals surface area contributed by atoms with E-state index < -0.39 is 35.1 Å². The van der Waals surface area contributed by atoms with Crippen LogP contribution in [0.5, 0.6) is 0 Å². The van der Waals surface area contributed by atoms with Gasteiger partial charge in [0, 0.05) is 5.56 Å². The monoisotopic (exact) mass is 342 g/mol. The number of rotatable bonds is 3. The zero-order chi connectivity index (χ0) is 18.1. The lowest BCUT2D eigenvalue weighted by Crippen LogP contribution is -2.08. The van der Waals surface area contributed by atoms with Gasteiger partial charge in [-0.3, -0.25) is 0 Å². The lowest BCUT2D eigenvalue weighted by Gasteiger charge is -2.12. The van der Waals surface area contributed by atoms with Crippen molar-refractivity contribution in [2.24, 2.45) is 0 Å². The van der Waals surface area contributed by atoms with Gasteiger partial charge in [0.2, 0.25) is 0 Å². The van der Waals surface area contributed by atoms with Gasteiger partial charge < -0.3 is 9.84 Å². The molecule has 2 aromatic rings. The third kappa shape index (κ3) is 3.53. The van der Waals surface area contributed by atoms with Crippen molar-refractivity contribution in [2.75, 3.05) is 7.11 Å². The summed E-state index contributed by atoms with van der Waals surface area (Å²) >= 11 is 0. The van der Waals surface area contributed by atoms with Crippen molar-refractivity contribution in [1.29, 1.82) is 0 Å². The lowest BCUT2D eigenvalue weighted by molar-refractivity contribution is -0.137. The maximum absolute atomic E-state index is 14.2. The SMILES string of the molecule is COC(=O)c1ccc(-c2cc(C(=O)O)cc(C(F)(F)F)c2)c(F)c1. The van der Waals surface area contributed by atoms with E-state index in [9.17, 15) is 27.2 Å². The Bertz CT molecular complexity index is 812. The zero-order valence-electron chi connectivity index (χ0n) is 12.1. The highest BCUT2D eigenvalue weighted by Gasteiger charge is 2.32. The molecule has 1 N–H and O–H groups in total. The van der Waals surface area contributed by atoms with Gasteiger partial charge in [0.25, 0.3) is 0 Å². The lowest BCUT2D eigenvalue weighted by atomic mass is 9.98. The molecular formula is C16H10F4O4. The summed E-state index contributed by atoms with van der Waals surface area (Å²) in [6.07, 6.45) is -4.79. The minimum atomic E-state index is -4.79. The largest absolute Gasteiger partial charge is 0.478 e. The molecule has 0 aliphatic rings. The van der Waals surface area contributed by atoms with E-state index in [0.29, 0.717) is 12.1 Å². The van der Waals surface area contributed by atoms with Crippen molar-refractivity contribution >= 4 is 11.9 Å². The number of hydrogen-bond acceptors (Lipinski definition) is 3. The Balaban J connectivity index is 2.61. The van der Waals surface area contributed by atoms with Crippen LogP contribution < -0.4 is 0 Å². The molecule has 0 aliphatic carbocycles. The molecule has 2 aromatic carbocycles. The summed E-state index contributed by atoms with van der Waals surface area (Å²) in [5.41, 5.74) is -2.50. The minimum absolute atomic E-state index is 0.121. The van der Waals surface area contributed by atoms with Crippen LogP contribution in [0.2, 0.25) is 0 Å². The zero-order valence-corrected chi connectivity index (χ0v) is 12.1. The molecule has 0 amide bonds. The Hall–Kier alpha value is -2.90. The Labute approximate surface area is 133 Å². The summed E-state index contributed by atoms with van der Waals surface area (Å²) in [4.78, 5) is 22.3. The van der Waals surface area contributed by atoms with E-state index in [1.54, 1.807) is 0 Å². The van der Waals surface area contributed by atoms with Crippen LogP contribution in [-0.2, 0) is 10.9 Å². The molecule has 0 aromatic heterocycles. The Morgan fingerprint density at radius 1 is 1.04 bits per heavy atom. The summed E-state index contributed by atoms with van der Waals surface area (Å²) in [5, 5.41) is 8.94. The van der Waals surface area contributed by atoms with Crippen LogP contribution in [0.25, 0.3) is 11.1 Å². The van der Waals surface area contributed by atoms with Gasteiger partial charge in [0.05, 0.1) is 23.8 Å². The number of carboxylic acids is 1. The van der Waals surface area contributed by atoms with E-state index in [2.05, 4.69) is 4.74 Å². The van der Waals surface area contributed by atoms with Gasteiger partial charge in [-0.05, 0) is 35.9 Å². The molecule has 0 saturated heterocycles. The van der Waals surface area contributed by atoms with Crippen molar-refractivity contribution in [3.05, 3.63) is 58.9 Å². The molecule has 2 rings (SSSR count). The average Bonchev–Trinajstić information content (AvgIpc) is 2.52. The second-order valence-electron chi connectivity index (χ2n) is 4.79. The maximum atomic E-state index is 14.2. The first-order valence-electron chi connectivity index (χ1n) is 6.47. The van der Waals surface area contributed by atoms with Crippen molar-refractivity contribution in [1.82, 2.24) is 0 Å². The first-order valence-corrected chi connectivity index (χ1v) is 6.47. The highest BCUT2D eigenvalue weighted by molar-refractivity contribution is 5.91. The third-order valence-corrected chi connectivity index (χ3v) is 3.21. The van der Waals surface area contributed by atoms with Crippen LogP contribution in [0, 0.1) is 5.82 Å². The van der Waals surface area contributed by atoms with Crippen LogP contribution >= 0.6 is 0 Å². The molecule has 126 valence electrons. The van der Waals surface area contributed by atoms with Crippen LogP contribution in [0.1, 0.15) is 26.3 Å². The third-order valence-electron chi connectivity index (χ3n) is 3.21.